The van der Waals surface area contributed by atoms with Crippen LogP contribution in [0.4, 0.5) is 5.69 Å². The van der Waals surface area contributed by atoms with Crippen LogP contribution in [-0.2, 0) is 0 Å². The van der Waals surface area contributed by atoms with Gasteiger partial charge in [-0.25, -0.2) is 4.90 Å². The van der Waals surface area contributed by atoms with E-state index >= 15 is 0 Å². The first-order chi connectivity index (χ1) is 12.7. The fraction of sp³-hybridized carbons (Fsp3) is 0.0909. The highest BCUT2D eigenvalue weighted by atomic mass is 16.5. The number of fused-ring (bicyclic) bond motifs is 1. The van der Waals surface area contributed by atoms with Crippen LogP contribution in [-0.4, -0.2) is 18.4 Å². The fourth-order valence-corrected chi connectivity index (χ4v) is 3.19. The van der Waals surface area contributed by atoms with Gasteiger partial charge in [0, 0.05) is 0 Å². The van der Waals surface area contributed by atoms with E-state index in [1.54, 1.807) is 24.3 Å². The Labute approximate surface area is 151 Å². The number of amides is 2. The lowest BCUT2D eigenvalue weighted by Crippen LogP contribution is -2.29. The van der Waals surface area contributed by atoms with E-state index in [1.165, 1.54) is 4.90 Å². The van der Waals surface area contributed by atoms with Crippen LogP contribution in [0.25, 0.3) is 11.1 Å². The second kappa shape index (κ2) is 6.48. The Morgan fingerprint density at radius 2 is 1.38 bits per heavy atom. The number of carbonyl (C=O) groups is 2. The van der Waals surface area contributed by atoms with Gasteiger partial charge in [-0.15, -0.1) is 0 Å². The largest absolute Gasteiger partial charge is 0.492 e. The standard InChI is InChI=1S/C22H17NO3/c1-2-26-20-13-12-16(15-8-4-3-5-9-15)14-19(20)23-21(24)17-10-6-7-11-18(17)22(23)25/h3-14H,2H2,1H3. The van der Waals surface area contributed by atoms with E-state index in [9.17, 15) is 9.59 Å². The maximum absolute atomic E-state index is 12.9. The van der Waals surface area contributed by atoms with Crippen molar-refractivity contribution in [2.75, 3.05) is 11.5 Å². The number of imide groups is 1. The number of anilines is 1. The van der Waals surface area contributed by atoms with Crippen LogP contribution < -0.4 is 9.64 Å². The van der Waals surface area contributed by atoms with E-state index in [2.05, 4.69) is 0 Å². The summed E-state index contributed by atoms with van der Waals surface area (Å²) in [6.45, 7) is 2.32. The highest BCUT2D eigenvalue weighted by Crippen LogP contribution is 2.38. The van der Waals surface area contributed by atoms with Crippen molar-refractivity contribution in [3.05, 3.63) is 83.9 Å². The summed E-state index contributed by atoms with van der Waals surface area (Å²) >= 11 is 0. The summed E-state index contributed by atoms with van der Waals surface area (Å²) in [5.74, 6) is -0.129. The molecule has 1 heterocycles. The minimum atomic E-state index is -0.322. The third-order valence-corrected chi connectivity index (χ3v) is 4.40. The molecule has 26 heavy (non-hydrogen) atoms. The zero-order valence-electron chi connectivity index (χ0n) is 14.3. The number of benzene rings is 3. The zero-order valence-corrected chi connectivity index (χ0v) is 14.3. The molecule has 3 aromatic rings. The quantitative estimate of drug-likeness (QED) is 0.653. The number of carbonyl (C=O) groups excluding carboxylic acids is 2. The predicted octanol–water partition coefficient (Wildman–Crippen LogP) is 4.55. The van der Waals surface area contributed by atoms with Crippen molar-refractivity contribution in [2.45, 2.75) is 6.92 Å². The van der Waals surface area contributed by atoms with E-state index in [-0.39, 0.29) is 11.8 Å². The fourth-order valence-electron chi connectivity index (χ4n) is 3.19. The average Bonchev–Trinajstić information content (AvgIpc) is 2.94. The summed E-state index contributed by atoms with van der Waals surface area (Å²) in [4.78, 5) is 26.9. The van der Waals surface area contributed by atoms with Crippen LogP contribution in [0, 0.1) is 0 Å². The molecule has 1 aliphatic rings. The predicted molar refractivity (Wildman–Crippen MR) is 101 cm³/mol. The zero-order chi connectivity index (χ0) is 18.1. The molecule has 0 saturated carbocycles. The molecule has 0 N–H and O–H groups in total. The van der Waals surface area contributed by atoms with Gasteiger partial charge in [0.05, 0.1) is 23.4 Å². The normalized spacial score (nSPS) is 13.0. The lowest BCUT2D eigenvalue weighted by molar-refractivity contribution is 0.0925. The van der Waals surface area contributed by atoms with Gasteiger partial charge < -0.3 is 4.74 Å². The van der Waals surface area contributed by atoms with Crippen molar-refractivity contribution in [1.82, 2.24) is 0 Å². The van der Waals surface area contributed by atoms with Gasteiger partial charge >= 0.3 is 0 Å². The van der Waals surface area contributed by atoms with Crippen molar-refractivity contribution in [1.29, 1.82) is 0 Å². The number of nitrogens with zero attached hydrogens (tertiary/aromatic N) is 1. The van der Waals surface area contributed by atoms with Crippen LogP contribution in [0.15, 0.2) is 72.8 Å². The summed E-state index contributed by atoms with van der Waals surface area (Å²) in [7, 11) is 0. The van der Waals surface area contributed by atoms with Gasteiger partial charge in [0.25, 0.3) is 11.8 Å². The van der Waals surface area contributed by atoms with Crippen LogP contribution in [0.3, 0.4) is 0 Å². The number of hydrogen-bond donors (Lipinski definition) is 0. The van der Waals surface area contributed by atoms with Crippen LogP contribution >= 0.6 is 0 Å². The number of hydrogen-bond acceptors (Lipinski definition) is 3. The number of ether oxygens (including phenoxy) is 1. The Hall–Kier alpha value is -3.40. The van der Waals surface area contributed by atoms with Gasteiger partial charge in [-0.2, -0.15) is 0 Å². The first-order valence-electron chi connectivity index (χ1n) is 8.51. The van der Waals surface area contributed by atoms with E-state index < -0.39 is 0 Å². The summed E-state index contributed by atoms with van der Waals surface area (Å²) < 4.78 is 5.69. The molecule has 128 valence electrons. The molecule has 0 aliphatic carbocycles. The van der Waals surface area contributed by atoms with Crippen LogP contribution in [0.5, 0.6) is 5.75 Å². The molecule has 0 spiro atoms. The van der Waals surface area contributed by atoms with E-state index in [0.717, 1.165) is 11.1 Å². The monoisotopic (exact) mass is 343 g/mol. The smallest absolute Gasteiger partial charge is 0.266 e. The molecule has 4 nitrogen and oxygen atoms in total. The maximum atomic E-state index is 12.9. The maximum Gasteiger partial charge on any atom is 0.266 e. The Balaban J connectivity index is 1.85. The Kier molecular flexibility index (Phi) is 4.01. The lowest BCUT2D eigenvalue weighted by Gasteiger charge is -2.19. The first kappa shape index (κ1) is 16.1. The summed E-state index contributed by atoms with van der Waals surface area (Å²) in [5, 5.41) is 0. The molecule has 4 heteroatoms. The third kappa shape index (κ3) is 2.56. The van der Waals surface area contributed by atoms with E-state index in [1.807, 2.05) is 55.5 Å². The third-order valence-electron chi connectivity index (χ3n) is 4.40. The molecule has 0 atom stereocenters. The molecule has 1 aliphatic heterocycles. The van der Waals surface area contributed by atoms with Gasteiger partial charge in [-0.1, -0.05) is 48.5 Å². The van der Waals surface area contributed by atoms with E-state index in [4.69, 9.17) is 4.74 Å². The molecule has 0 radical (unpaired) electrons. The Bertz CT molecular complexity index is 960. The van der Waals surface area contributed by atoms with Crippen LogP contribution in [0.1, 0.15) is 27.6 Å². The summed E-state index contributed by atoms with van der Waals surface area (Å²) in [6, 6.07) is 22.3. The van der Waals surface area contributed by atoms with Crippen molar-refractivity contribution >= 4 is 17.5 Å². The van der Waals surface area contributed by atoms with Gasteiger partial charge in [0.15, 0.2) is 0 Å². The Morgan fingerprint density at radius 1 is 0.769 bits per heavy atom. The van der Waals surface area contributed by atoms with Gasteiger partial charge in [-0.05, 0) is 42.3 Å². The molecule has 0 unspecified atom stereocenters. The van der Waals surface area contributed by atoms with Gasteiger partial charge in [0.1, 0.15) is 5.75 Å². The molecular weight excluding hydrogens is 326 g/mol. The topological polar surface area (TPSA) is 46.6 Å². The van der Waals surface area contributed by atoms with E-state index in [0.29, 0.717) is 29.2 Å². The molecule has 0 bridgehead atoms. The summed E-state index contributed by atoms with van der Waals surface area (Å²) in [5.41, 5.74) is 3.24. The molecule has 2 amide bonds. The second-order valence-electron chi connectivity index (χ2n) is 5.97. The molecule has 0 saturated heterocycles. The minimum Gasteiger partial charge on any atom is -0.492 e. The second-order valence-corrected chi connectivity index (χ2v) is 5.97. The molecule has 0 aromatic heterocycles. The van der Waals surface area contributed by atoms with Gasteiger partial charge in [-0.3, -0.25) is 9.59 Å². The number of rotatable bonds is 4. The highest BCUT2D eigenvalue weighted by Gasteiger charge is 2.37. The SMILES string of the molecule is CCOc1ccc(-c2ccccc2)cc1N1C(=O)c2ccccc2C1=O. The summed E-state index contributed by atoms with van der Waals surface area (Å²) in [6.07, 6.45) is 0. The molecule has 3 aromatic carbocycles. The van der Waals surface area contributed by atoms with Crippen molar-refractivity contribution in [2.24, 2.45) is 0 Å². The molecular formula is C22H17NO3. The molecule has 0 fully saturated rings. The minimum absolute atomic E-state index is 0.322. The first-order valence-corrected chi connectivity index (χ1v) is 8.51. The Morgan fingerprint density at radius 3 is 2.00 bits per heavy atom. The van der Waals surface area contributed by atoms with Crippen molar-refractivity contribution < 1.29 is 14.3 Å². The lowest BCUT2D eigenvalue weighted by atomic mass is 10.0. The highest BCUT2D eigenvalue weighted by molar-refractivity contribution is 6.34. The molecule has 4 rings (SSSR count). The van der Waals surface area contributed by atoms with Crippen LogP contribution in [0.2, 0.25) is 0 Å². The average molecular weight is 343 g/mol. The van der Waals surface area contributed by atoms with Crippen molar-refractivity contribution in [3.8, 4) is 16.9 Å². The van der Waals surface area contributed by atoms with Gasteiger partial charge in [0.2, 0.25) is 0 Å². The van der Waals surface area contributed by atoms with Crippen molar-refractivity contribution in [3.63, 3.8) is 0 Å².